The fraction of sp³-hybridized carbons (Fsp3) is 0.500. The van der Waals surface area contributed by atoms with E-state index < -0.39 is 5.97 Å². The van der Waals surface area contributed by atoms with E-state index in [1.165, 1.54) is 42.3 Å². The van der Waals surface area contributed by atoms with Gasteiger partial charge in [-0.15, -0.1) is 0 Å². The van der Waals surface area contributed by atoms with E-state index >= 15 is 0 Å². The molecule has 3 nitrogen and oxygen atoms in total. The van der Waals surface area contributed by atoms with Gasteiger partial charge in [0.1, 0.15) is 0 Å². The molecule has 1 aliphatic rings. The van der Waals surface area contributed by atoms with Crippen LogP contribution in [0.1, 0.15) is 73.0 Å². The maximum absolute atomic E-state index is 11.2. The predicted octanol–water partition coefficient (Wildman–Crippen LogP) is 4.66. The highest BCUT2D eigenvalue weighted by molar-refractivity contribution is 5.95. The molecule has 21 heavy (non-hydrogen) atoms. The maximum atomic E-state index is 11.2. The van der Waals surface area contributed by atoms with Crippen LogP contribution in [0.4, 0.5) is 0 Å². The molecule has 1 aliphatic carbocycles. The first kappa shape index (κ1) is 14.2. The molecule has 1 aromatic heterocycles. The number of aromatic carboxylic acids is 1. The largest absolute Gasteiger partial charge is 0.478 e. The summed E-state index contributed by atoms with van der Waals surface area (Å²) in [5.74, 6) is 0.236. The highest BCUT2D eigenvalue weighted by Crippen LogP contribution is 2.43. The molecule has 1 saturated carbocycles. The number of carboxylic acid groups (broad SMARTS) is 1. The molecule has 1 N–H and O–H groups in total. The second-order valence-corrected chi connectivity index (χ2v) is 6.53. The average Bonchev–Trinajstić information content (AvgIpc) is 3.04. The van der Waals surface area contributed by atoms with E-state index in [1.54, 1.807) is 6.07 Å². The van der Waals surface area contributed by atoms with Crippen LogP contribution in [0.15, 0.2) is 18.2 Å². The molecule has 3 rings (SSSR count). The SMILES string of the molecule is CC(C)c1c(C2CCCC2)c2ccc(C(=O)O)cc2n1C. The van der Waals surface area contributed by atoms with E-state index in [0.29, 0.717) is 17.4 Å². The Morgan fingerprint density at radius 3 is 2.52 bits per heavy atom. The van der Waals surface area contributed by atoms with Gasteiger partial charge in [0.15, 0.2) is 0 Å². The van der Waals surface area contributed by atoms with Crippen LogP contribution in [0.2, 0.25) is 0 Å². The lowest BCUT2D eigenvalue weighted by atomic mass is 9.91. The number of rotatable bonds is 3. The van der Waals surface area contributed by atoms with Crippen LogP contribution < -0.4 is 0 Å². The summed E-state index contributed by atoms with van der Waals surface area (Å²) in [7, 11) is 2.07. The highest BCUT2D eigenvalue weighted by atomic mass is 16.4. The Morgan fingerprint density at radius 1 is 1.29 bits per heavy atom. The first-order valence-corrected chi connectivity index (χ1v) is 7.86. The Bertz CT molecular complexity index is 691. The molecule has 3 heteroatoms. The van der Waals surface area contributed by atoms with Crippen LogP contribution in [-0.2, 0) is 7.05 Å². The number of hydrogen-bond donors (Lipinski definition) is 1. The molecule has 0 atom stereocenters. The summed E-state index contributed by atoms with van der Waals surface area (Å²) in [5.41, 5.74) is 4.27. The van der Waals surface area contributed by atoms with Crippen molar-refractivity contribution in [2.75, 3.05) is 0 Å². The van der Waals surface area contributed by atoms with E-state index in [2.05, 4.69) is 25.5 Å². The van der Waals surface area contributed by atoms with Gasteiger partial charge < -0.3 is 9.67 Å². The Kier molecular flexibility index (Phi) is 3.52. The maximum Gasteiger partial charge on any atom is 0.335 e. The smallest absolute Gasteiger partial charge is 0.335 e. The lowest BCUT2D eigenvalue weighted by Crippen LogP contribution is -2.04. The van der Waals surface area contributed by atoms with Gasteiger partial charge >= 0.3 is 5.97 Å². The number of carbonyl (C=O) groups is 1. The Morgan fingerprint density at radius 2 is 1.95 bits per heavy atom. The van der Waals surface area contributed by atoms with Crippen molar-refractivity contribution in [2.45, 2.75) is 51.4 Å². The summed E-state index contributed by atoms with van der Waals surface area (Å²) in [6.07, 6.45) is 5.15. The number of fused-ring (bicyclic) bond motifs is 1. The number of hydrogen-bond acceptors (Lipinski definition) is 1. The number of aryl methyl sites for hydroxylation is 1. The monoisotopic (exact) mass is 285 g/mol. The quantitative estimate of drug-likeness (QED) is 0.891. The fourth-order valence-electron chi connectivity index (χ4n) is 3.96. The third-order valence-electron chi connectivity index (χ3n) is 4.84. The summed E-state index contributed by atoms with van der Waals surface area (Å²) in [6, 6.07) is 5.58. The number of aromatic nitrogens is 1. The summed E-state index contributed by atoms with van der Waals surface area (Å²) in [6.45, 7) is 4.45. The molecule has 1 aromatic carbocycles. The van der Waals surface area contributed by atoms with Crippen LogP contribution in [0.3, 0.4) is 0 Å². The van der Waals surface area contributed by atoms with E-state index in [-0.39, 0.29) is 0 Å². The van der Waals surface area contributed by atoms with Gasteiger partial charge in [-0.2, -0.15) is 0 Å². The molecule has 2 aromatic rings. The second-order valence-electron chi connectivity index (χ2n) is 6.53. The Balaban J connectivity index is 2.28. The average molecular weight is 285 g/mol. The van der Waals surface area contributed by atoms with Crippen molar-refractivity contribution in [2.24, 2.45) is 7.05 Å². The van der Waals surface area contributed by atoms with Gasteiger partial charge in [0.25, 0.3) is 0 Å². The molecule has 0 saturated heterocycles. The van der Waals surface area contributed by atoms with Crippen molar-refractivity contribution in [3.8, 4) is 0 Å². The van der Waals surface area contributed by atoms with Crippen molar-refractivity contribution in [3.05, 3.63) is 35.0 Å². The lowest BCUT2D eigenvalue weighted by Gasteiger charge is -2.16. The summed E-state index contributed by atoms with van der Waals surface area (Å²) in [4.78, 5) is 11.2. The zero-order chi connectivity index (χ0) is 15.1. The Hall–Kier alpha value is -1.77. The summed E-state index contributed by atoms with van der Waals surface area (Å²) >= 11 is 0. The molecule has 1 heterocycles. The van der Waals surface area contributed by atoms with Gasteiger partial charge in [0.2, 0.25) is 0 Å². The van der Waals surface area contributed by atoms with E-state index in [9.17, 15) is 9.90 Å². The molecular weight excluding hydrogens is 262 g/mol. The van der Waals surface area contributed by atoms with E-state index in [1.807, 2.05) is 12.1 Å². The van der Waals surface area contributed by atoms with Crippen LogP contribution in [0.5, 0.6) is 0 Å². The third kappa shape index (κ3) is 2.25. The first-order chi connectivity index (χ1) is 10.0. The van der Waals surface area contributed by atoms with Gasteiger partial charge in [-0.25, -0.2) is 4.79 Å². The normalized spacial score (nSPS) is 16.2. The van der Waals surface area contributed by atoms with Crippen molar-refractivity contribution in [3.63, 3.8) is 0 Å². The standard InChI is InChI=1S/C18H23NO2/c1-11(2)17-16(12-6-4-5-7-12)14-9-8-13(18(20)21)10-15(14)19(17)3/h8-12H,4-7H2,1-3H3,(H,20,21). The molecular formula is C18H23NO2. The minimum absolute atomic E-state index is 0.372. The molecule has 0 radical (unpaired) electrons. The van der Waals surface area contributed by atoms with Gasteiger partial charge in [0.05, 0.1) is 5.56 Å². The van der Waals surface area contributed by atoms with Crippen LogP contribution in [-0.4, -0.2) is 15.6 Å². The van der Waals surface area contributed by atoms with Crippen molar-refractivity contribution < 1.29 is 9.90 Å². The van der Waals surface area contributed by atoms with Crippen molar-refractivity contribution in [1.82, 2.24) is 4.57 Å². The number of benzene rings is 1. The summed E-state index contributed by atoms with van der Waals surface area (Å²) < 4.78 is 2.21. The highest BCUT2D eigenvalue weighted by Gasteiger charge is 2.27. The minimum atomic E-state index is -0.855. The van der Waals surface area contributed by atoms with E-state index in [0.717, 1.165) is 5.52 Å². The molecule has 0 unspecified atom stereocenters. The minimum Gasteiger partial charge on any atom is -0.478 e. The molecule has 1 fully saturated rings. The van der Waals surface area contributed by atoms with Crippen LogP contribution in [0, 0.1) is 0 Å². The molecule has 0 aliphatic heterocycles. The zero-order valence-electron chi connectivity index (χ0n) is 13.0. The van der Waals surface area contributed by atoms with Crippen LogP contribution in [0.25, 0.3) is 10.9 Å². The van der Waals surface area contributed by atoms with Crippen molar-refractivity contribution in [1.29, 1.82) is 0 Å². The van der Waals surface area contributed by atoms with Gasteiger partial charge in [-0.05, 0) is 42.4 Å². The molecule has 0 amide bonds. The number of carboxylic acids is 1. The molecule has 112 valence electrons. The van der Waals surface area contributed by atoms with Gasteiger partial charge in [-0.3, -0.25) is 0 Å². The van der Waals surface area contributed by atoms with Gasteiger partial charge in [-0.1, -0.05) is 32.8 Å². The summed E-state index contributed by atoms with van der Waals surface area (Å²) in [5, 5.41) is 10.5. The third-order valence-corrected chi connectivity index (χ3v) is 4.84. The first-order valence-electron chi connectivity index (χ1n) is 7.86. The lowest BCUT2D eigenvalue weighted by molar-refractivity contribution is 0.0697. The molecule has 0 bridgehead atoms. The zero-order valence-corrected chi connectivity index (χ0v) is 13.0. The Labute approximate surface area is 125 Å². The van der Waals surface area contributed by atoms with E-state index in [4.69, 9.17) is 0 Å². The predicted molar refractivity (Wildman–Crippen MR) is 85.2 cm³/mol. The number of nitrogens with zero attached hydrogens (tertiary/aromatic N) is 1. The van der Waals surface area contributed by atoms with Gasteiger partial charge in [0, 0.05) is 23.6 Å². The van der Waals surface area contributed by atoms with Crippen LogP contribution >= 0.6 is 0 Å². The van der Waals surface area contributed by atoms with Crippen molar-refractivity contribution >= 4 is 16.9 Å². The second kappa shape index (κ2) is 5.21. The topological polar surface area (TPSA) is 42.2 Å². The molecule has 0 spiro atoms. The fourth-order valence-corrected chi connectivity index (χ4v) is 3.96.